The fourth-order valence-corrected chi connectivity index (χ4v) is 0.959. The van der Waals surface area contributed by atoms with Crippen molar-refractivity contribution >= 4 is 11.8 Å². The van der Waals surface area contributed by atoms with E-state index in [1.807, 2.05) is 19.1 Å². The number of aryl methyl sites for hydroxylation is 1. The Morgan fingerprint density at radius 2 is 2.46 bits per heavy atom. The van der Waals surface area contributed by atoms with Gasteiger partial charge in [-0.15, -0.1) is 0 Å². The fraction of sp³-hybridized carbons (Fsp3) is 0.333. The van der Waals surface area contributed by atoms with Crippen LogP contribution in [0.3, 0.4) is 0 Å². The van der Waals surface area contributed by atoms with Crippen molar-refractivity contribution in [3.05, 3.63) is 23.9 Å². The van der Waals surface area contributed by atoms with Gasteiger partial charge < -0.3 is 10.4 Å². The summed E-state index contributed by atoms with van der Waals surface area (Å²) in [5.41, 5.74) is 1.02. The zero-order valence-corrected chi connectivity index (χ0v) is 7.45. The van der Waals surface area contributed by atoms with Crippen molar-refractivity contribution in [2.24, 2.45) is 0 Å². The molecule has 0 amide bonds. The van der Waals surface area contributed by atoms with E-state index in [9.17, 15) is 4.79 Å². The standard InChI is InChI=1S/C9H12N2O2/c1-7-3-2-5-10-9(7)11-6-4-8(12)13/h2-3,5H,4,6H2,1H3,(H,10,11)(H,12,13). The van der Waals surface area contributed by atoms with Crippen LogP contribution in [0, 0.1) is 6.92 Å². The molecule has 1 aromatic heterocycles. The van der Waals surface area contributed by atoms with E-state index in [0.29, 0.717) is 6.54 Å². The number of pyridine rings is 1. The number of aromatic nitrogens is 1. The van der Waals surface area contributed by atoms with Gasteiger partial charge in [0.2, 0.25) is 0 Å². The van der Waals surface area contributed by atoms with Crippen molar-refractivity contribution in [1.29, 1.82) is 0 Å². The maximum Gasteiger partial charge on any atom is 0.305 e. The Kier molecular flexibility index (Phi) is 3.25. The highest BCUT2D eigenvalue weighted by Crippen LogP contribution is 2.08. The van der Waals surface area contributed by atoms with Gasteiger partial charge in [0, 0.05) is 12.7 Å². The molecule has 1 aromatic rings. The first kappa shape index (κ1) is 9.51. The van der Waals surface area contributed by atoms with Gasteiger partial charge in [-0.3, -0.25) is 4.79 Å². The number of rotatable bonds is 4. The minimum atomic E-state index is -0.805. The summed E-state index contributed by atoms with van der Waals surface area (Å²) in [7, 11) is 0. The van der Waals surface area contributed by atoms with E-state index in [-0.39, 0.29) is 6.42 Å². The van der Waals surface area contributed by atoms with E-state index in [0.717, 1.165) is 11.4 Å². The van der Waals surface area contributed by atoms with Crippen LogP contribution in [0.15, 0.2) is 18.3 Å². The molecule has 0 saturated heterocycles. The SMILES string of the molecule is Cc1cccnc1NCCC(=O)O. The molecule has 0 saturated carbocycles. The quantitative estimate of drug-likeness (QED) is 0.732. The van der Waals surface area contributed by atoms with E-state index in [2.05, 4.69) is 10.3 Å². The fourth-order valence-electron chi connectivity index (χ4n) is 0.959. The zero-order valence-electron chi connectivity index (χ0n) is 7.45. The highest BCUT2D eigenvalue weighted by molar-refractivity contribution is 5.67. The van der Waals surface area contributed by atoms with Gasteiger partial charge in [0.15, 0.2) is 0 Å². The Morgan fingerprint density at radius 3 is 3.08 bits per heavy atom. The second-order valence-corrected chi connectivity index (χ2v) is 2.74. The van der Waals surface area contributed by atoms with Crippen molar-refractivity contribution in [3.8, 4) is 0 Å². The van der Waals surface area contributed by atoms with Crippen molar-refractivity contribution in [2.75, 3.05) is 11.9 Å². The van der Waals surface area contributed by atoms with Crippen molar-refractivity contribution in [1.82, 2.24) is 4.98 Å². The number of hydrogen-bond donors (Lipinski definition) is 2. The Morgan fingerprint density at radius 1 is 1.69 bits per heavy atom. The number of nitrogens with one attached hydrogen (secondary N) is 1. The maximum atomic E-state index is 10.2. The molecule has 70 valence electrons. The number of aliphatic carboxylic acids is 1. The van der Waals surface area contributed by atoms with Crippen LogP contribution in [0.5, 0.6) is 0 Å². The van der Waals surface area contributed by atoms with Crippen molar-refractivity contribution in [2.45, 2.75) is 13.3 Å². The Labute approximate surface area is 76.6 Å². The van der Waals surface area contributed by atoms with Gasteiger partial charge in [-0.25, -0.2) is 4.98 Å². The molecule has 0 aliphatic heterocycles. The van der Waals surface area contributed by atoms with Crippen LogP contribution in [-0.4, -0.2) is 22.6 Å². The number of carboxylic acids is 1. The minimum Gasteiger partial charge on any atom is -0.481 e. The van der Waals surface area contributed by atoms with Crippen molar-refractivity contribution < 1.29 is 9.90 Å². The normalized spacial score (nSPS) is 9.62. The van der Waals surface area contributed by atoms with Crippen molar-refractivity contribution in [3.63, 3.8) is 0 Å². The van der Waals surface area contributed by atoms with Crippen LogP contribution < -0.4 is 5.32 Å². The Bertz CT molecular complexity index is 299. The molecule has 0 radical (unpaired) electrons. The third kappa shape index (κ3) is 3.11. The van der Waals surface area contributed by atoms with Crippen LogP contribution in [0.25, 0.3) is 0 Å². The number of carboxylic acid groups (broad SMARTS) is 1. The average molecular weight is 180 g/mol. The summed E-state index contributed by atoms with van der Waals surface area (Å²) in [4.78, 5) is 14.3. The lowest BCUT2D eigenvalue weighted by Gasteiger charge is -2.05. The summed E-state index contributed by atoms with van der Waals surface area (Å²) in [5, 5.41) is 11.4. The van der Waals surface area contributed by atoms with E-state index >= 15 is 0 Å². The molecule has 0 spiro atoms. The molecule has 1 heterocycles. The molecule has 0 bridgehead atoms. The summed E-state index contributed by atoms with van der Waals surface area (Å²) in [5.74, 6) is -0.0511. The second kappa shape index (κ2) is 4.45. The lowest BCUT2D eigenvalue weighted by Crippen LogP contribution is -2.09. The molecule has 0 fully saturated rings. The predicted octanol–water partition coefficient (Wildman–Crippen LogP) is 1.28. The summed E-state index contributed by atoms with van der Waals surface area (Å²) in [6, 6.07) is 3.77. The number of hydrogen-bond acceptors (Lipinski definition) is 3. The monoisotopic (exact) mass is 180 g/mol. The average Bonchev–Trinajstić information content (AvgIpc) is 2.08. The lowest BCUT2D eigenvalue weighted by atomic mass is 10.3. The number of carbonyl (C=O) groups is 1. The van der Waals surface area contributed by atoms with Gasteiger partial charge in [-0.1, -0.05) is 6.07 Å². The van der Waals surface area contributed by atoms with Crippen LogP contribution in [0.4, 0.5) is 5.82 Å². The Balaban J connectivity index is 2.45. The molecule has 2 N–H and O–H groups in total. The molecular weight excluding hydrogens is 168 g/mol. The van der Waals surface area contributed by atoms with Gasteiger partial charge >= 0.3 is 5.97 Å². The van der Waals surface area contributed by atoms with Crippen LogP contribution in [0.1, 0.15) is 12.0 Å². The van der Waals surface area contributed by atoms with E-state index < -0.39 is 5.97 Å². The lowest BCUT2D eigenvalue weighted by molar-refractivity contribution is -0.136. The second-order valence-electron chi connectivity index (χ2n) is 2.74. The van der Waals surface area contributed by atoms with E-state index in [1.165, 1.54) is 0 Å². The smallest absolute Gasteiger partial charge is 0.305 e. The maximum absolute atomic E-state index is 10.2. The third-order valence-corrected chi connectivity index (χ3v) is 1.64. The van der Waals surface area contributed by atoms with Crippen LogP contribution in [0.2, 0.25) is 0 Å². The Hall–Kier alpha value is -1.58. The molecule has 0 unspecified atom stereocenters. The van der Waals surface area contributed by atoms with E-state index in [4.69, 9.17) is 5.11 Å². The highest BCUT2D eigenvalue weighted by atomic mass is 16.4. The van der Waals surface area contributed by atoms with Gasteiger partial charge in [0.05, 0.1) is 6.42 Å². The zero-order chi connectivity index (χ0) is 9.68. The predicted molar refractivity (Wildman–Crippen MR) is 49.7 cm³/mol. The number of nitrogens with zero attached hydrogens (tertiary/aromatic N) is 1. The van der Waals surface area contributed by atoms with Gasteiger partial charge in [-0.2, -0.15) is 0 Å². The molecule has 0 atom stereocenters. The summed E-state index contributed by atoms with van der Waals surface area (Å²) in [6.07, 6.45) is 1.78. The topological polar surface area (TPSA) is 62.2 Å². The largest absolute Gasteiger partial charge is 0.481 e. The molecule has 4 heteroatoms. The molecule has 0 aliphatic carbocycles. The van der Waals surface area contributed by atoms with Gasteiger partial charge in [0.25, 0.3) is 0 Å². The van der Waals surface area contributed by atoms with Crippen LogP contribution in [-0.2, 0) is 4.79 Å². The van der Waals surface area contributed by atoms with Crippen LogP contribution >= 0.6 is 0 Å². The number of anilines is 1. The molecule has 1 rings (SSSR count). The highest BCUT2D eigenvalue weighted by Gasteiger charge is 1.99. The molecule has 13 heavy (non-hydrogen) atoms. The molecule has 0 aliphatic rings. The first-order chi connectivity index (χ1) is 6.20. The molecule has 0 aromatic carbocycles. The van der Waals surface area contributed by atoms with Gasteiger partial charge in [-0.05, 0) is 18.6 Å². The first-order valence-corrected chi connectivity index (χ1v) is 4.07. The summed E-state index contributed by atoms with van der Waals surface area (Å²) >= 11 is 0. The third-order valence-electron chi connectivity index (χ3n) is 1.64. The summed E-state index contributed by atoms with van der Waals surface area (Å²) in [6.45, 7) is 2.34. The first-order valence-electron chi connectivity index (χ1n) is 4.07. The van der Waals surface area contributed by atoms with E-state index in [1.54, 1.807) is 6.20 Å². The summed E-state index contributed by atoms with van der Waals surface area (Å²) < 4.78 is 0. The minimum absolute atomic E-state index is 0.107. The van der Waals surface area contributed by atoms with Gasteiger partial charge in [0.1, 0.15) is 5.82 Å². The molecular formula is C9H12N2O2. The molecule has 4 nitrogen and oxygen atoms in total.